The number of nitrogens with two attached hydrogens (primary N) is 1. The molecule has 0 amide bonds. The summed E-state index contributed by atoms with van der Waals surface area (Å²) in [4.78, 5) is 12.0. The number of phenolic OH excluding ortho intramolecular Hbond substituents is 1. The third-order valence-corrected chi connectivity index (χ3v) is 3.57. The zero-order chi connectivity index (χ0) is 12.6. The summed E-state index contributed by atoms with van der Waals surface area (Å²) in [5.41, 5.74) is 9.38. The SMILES string of the molecule is Cc1c2c(cc(O)c1C(=O)C(C)N)CCCC2. The fourth-order valence-electron chi connectivity index (χ4n) is 2.64. The first-order valence-corrected chi connectivity index (χ1v) is 6.16. The van der Waals surface area contributed by atoms with E-state index in [9.17, 15) is 9.90 Å². The third-order valence-electron chi connectivity index (χ3n) is 3.57. The Hall–Kier alpha value is -1.35. The van der Waals surface area contributed by atoms with Gasteiger partial charge in [-0.25, -0.2) is 0 Å². The predicted molar refractivity (Wildman–Crippen MR) is 67.5 cm³/mol. The van der Waals surface area contributed by atoms with E-state index in [0.29, 0.717) is 5.56 Å². The number of carbonyl (C=O) groups excluding carboxylic acids is 1. The van der Waals surface area contributed by atoms with E-state index in [-0.39, 0.29) is 11.5 Å². The Balaban J connectivity index is 2.57. The zero-order valence-corrected chi connectivity index (χ0v) is 10.4. The Morgan fingerprint density at radius 3 is 2.71 bits per heavy atom. The highest BCUT2D eigenvalue weighted by molar-refractivity contribution is 6.03. The lowest BCUT2D eigenvalue weighted by atomic mass is 9.84. The van der Waals surface area contributed by atoms with Crippen molar-refractivity contribution in [1.29, 1.82) is 0 Å². The molecule has 3 nitrogen and oxygen atoms in total. The summed E-state index contributed by atoms with van der Waals surface area (Å²) in [5.74, 6) is -0.0844. The van der Waals surface area contributed by atoms with Gasteiger partial charge in [0.25, 0.3) is 0 Å². The highest BCUT2D eigenvalue weighted by atomic mass is 16.3. The number of ketones is 1. The van der Waals surface area contributed by atoms with Crippen LogP contribution < -0.4 is 5.73 Å². The van der Waals surface area contributed by atoms with Gasteiger partial charge in [-0.2, -0.15) is 0 Å². The van der Waals surface area contributed by atoms with Crippen LogP contribution in [-0.4, -0.2) is 16.9 Å². The lowest BCUT2D eigenvalue weighted by molar-refractivity contribution is 0.0964. The summed E-state index contributed by atoms with van der Waals surface area (Å²) in [7, 11) is 0. The minimum absolute atomic E-state index is 0.0884. The van der Waals surface area contributed by atoms with Crippen LogP contribution in [0.1, 0.15) is 46.8 Å². The molecule has 2 rings (SSSR count). The van der Waals surface area contributed by atoms with Crippen molar-refractivity contribution in [2.45, 2.75) is 45.6 Å². The Morgan fingerprint density at radius 2 is 2.06 bits per heavy atom. The molecule has 0 bridgehead atoms. The summed E-state index contributed by atoms with van der Waals surface area (Å²) < 4.78 is 0. The van der Waals surface area contributed by atoms with Crippen molar-refractivity contribution in [1.82, 2.24) is 0 Å². The third kappa shape index (κ3) is 2.07. The van der Waals surface area contributed by atoms with Crippen LogP contribution in [0.5, 0.6) is 5.75 Å². The molecule has 0 aliphatic heterocycles. The number of aryl methyl sites for hydroxylation is 1. The van der Waals surface area contributed by atoms with Gasteiger partial charge in [0, 0.05) is 0 Å². The smallest absolute Gasteiger partial charge is 0.183 e. The van der Waals surface area contributed by atoms with E-state index in [1.807, 2.05) is 6.92 Å². The molecule has 1 aliphatic rings. The normalized spacial score (nSPS) is 16.4. The summed E-state index contributed by atoms with van der Waals surface area (Å²) in [6.45, 7) is 3.57. The Labute approximate surface area is 102 Å². The molecule has 1 aromatic rings. The summed E-state index contributed by atoms with van der Waals surface area (Å²) in [6.07, 6.45) is 4.31. The van der Waals surface area contributed by atoms with Gasteiger partial charge in [0.2, 0.25) is 0 Å². The van der Waals surface area contributed by atoms with E-state index in [2.05, 4.69) is 0 Å². The number of hydrogen-bond acceptors (Lipinski definition) is 3. The zero-order valence-electron chi connectivity index (χ0n) is 10.4. The fourth-order valence-corrected chi connectivity index (χ4v) is 2.64. The highest BCUT2D eigenvalue weighted by Crippen LogP contribution is 2.33. The molecule has 1 unspecified atom stereocenters. The number of aromatic hydroxyl groups is 1. The Morgan fingerprint density at radius 1 is 1.41 bits per heavy atom. The molecule has 92 valence electrons. The van der Waals surface area contributed by atoms with Crippen molar-refractivity contribution in [3.05, 3.63) is 28.3 Å². The average Bonchev–Trinajstić information content (AvgIpc) is 2.28. The van der Waals surface area contributed by atoms with Gasteiger partial charge in [-0.1, -0.05) is 0 Å². The average molecular weight is 233 g/mol. The Kier molecular flexibility index (Phi) is 3.20. The van der Waals surface area contributed by atoms with Crippen LogP contribution >= 0.6 is 0 Å². The van der Waals surface area contributed by atoms with Gasteiger partial charge in [0.05, 0.1) is 11.6 Å². The molecule has 0 saturated heterocycles. The predicted octanol–water partition coefficient (Wildman–Crippen LogP) is 2.11. The van der Waals surface area contributed by atoms with Gasteiger partial charge in [-0.15, -0.1) is 0 Å². The van der Waals surface area contributed by atoms with E-state index in [4.69, 9.17) is 5.73 Å². The maximum absolute atomic E-state index is 12.0. The summed E-state index contributed by atoms with van der Waals surface area (Å²) >= 11 is 0. The standard InChI is InChI=1S/C14H19NO2/c1-8-11-6-4-3-5-10(11)7-12(16)13(8)14(17)9(2)15/h7,9,16H,3-6,15H2,1-2H3. The van der Waals surface area contributed by atoms with Gasteiger partial charge < -0.3 is 10.8 Å². The molecule has 0 heterocycles. The molecule has 0 radical (unpaired) electrons. The lowest BCUT2D eigenvalue weighted by Crippen LogP contribution is -2.28. The first kappa shape index (κ1) is 12.1. The maximum atomic E-state index is 12.0. The molecule has 0 aromatic heterocycles. The number of fused-ring (bicyclic) bond motifs is 1. The Bertz CT molecular complexity index is 464. The highest BCUT2D eigenvalue weighted by Gasteiger charge is 2.23. The van der Waals surface area contributed by atoms with E-state index in [1.165, 1.54) is 11.1 Å². The molecule has 3 N–H and O–H groups in total. The second kappa shape index (κ2) is 4.49. The van der Waals surface area contributed by atoms with Crippen molar-refractivity contribution in [3.8, 4) is 5.75 Å². The number of benzene rings is 1. The van der Waals surface area contributed by atoms with Crippen molar-refractivity contribution in [2.75, 3.05) is 0 Å². The van der Waals surface area contributed by atoms with Crippen LogP contribution in [-0.2, 0) is 12.8 Å². The van der Waals surface area contributed by atoms with Crippen LogP contribution in [0.2, 0.25) is 0 Å². The van der Waals surface area contributed by atoms with E-state index >= 15 is 0 Å². The van der Waals surface area contributed by atoms with Crippen LogP contribution in [0.15, 0.2) is 6.07 Å². The number of Topliss-reactive ketones (excluding diaryl/α,β-unsaturated/α-hetero) is 1. The monoisotopic (exact) mass is 233 g/mol. The van der Waals surface area contributed by atoms with E-state index in [0.717, 1.165) is 31.2 Å². The second-order valence-corrected chi connectivity index (χ2v) is 4.89. The molecule has 0 fully saturated rings. The number of carbonyl (C=O) groups is 1. The molecule has 0 saturated carbocycles. The van der Waals surface area contributed by atoms with Crippen molar-refractivity contribution in [3.63, 3.8) is 0 Å². The van der Waals surface area contributed by atoms with Crippen molar-refractivity contribution >= 4 is 5.78 Å². The number of phenols is 1. The second-order valence-electron chi connectivity index (χ2n) is 4.89. The molecule has 1 aromatic carbocycles. The number of hydrogen-bond donors (Lipinski definition) is 2. The van der Waals surface area contributed by atoms with Gasteiger partial charge in [0.1, 0.15) is 5.75 Å². The summed E-state index contributed by atoms with van der Waals surface area (Å²) in [6, 6.07) is 1.18. The first-order valence-electron chi connectivity index (χ1n) is 6.16. The molecule has 3 heteroatoms. The lowest BCUT2D eigenvalue weighted by Gasteiger charge is -2.21. The van der Waals surface area contributed by atoms with E-state index in [1.54, 1.807) is 13.0 Å². The van der Waals surface area contributed by atoms with Crippen molar-refractivity contribution < 1.29 is 9.90 Å². The minimum Gasteiger partial charge on any atom is -0.507 e. The quantitative estimate of drug-likeness (QED) is 0.769. The number of rotatable bonds is 2. The molecular weight excluding hydrogens is 214 g/mol. The van der Waals surface area contributed by atoms with E-state index < -0.39 is 6.04 Å². The van der Waals surface area contributed by atoms with Gasteiger partial charge in [-0.05, 0) is 62.3 Å². The molecule has 0 spiro atoms. The van der Waals surface area contributed by atoms with Gasteiger partial charge in [0.15, 0.2) is 5.78 Å². The molecular formula is C14H19NO2. The minimum atomic E-state index is -0.568. The van der Waals surface area contributed by atoms with Crippen LogP contribution in [0.4, 0.5) is 0 Å². The largest absolute Gasteiger partial charge is 0.507 e. The van der Waals surface area contributed by atoms with Crippen LogP contribution in [0.3, 0.4) is 0 Å². The fraction of sp³-hybridized carbons (Fsp3) is 0.500. The van der Waals surface area contributed by atoms with Crippen LogP contribution in [0, 0.1) is 6.92 Å². The van der Waals surface area contributed by atoms with Crippen molar-refractivity contribution in [2.24, 2.45) is 5.73 Å². The maximum Gasteiger partial charge on any atom is 0.183 e. The summed E-state index contributed by atoms with van der Waals surface area (Å²) in [5, 5.41) is 9.99. The molecule has 1 aliphatic carbocycles. The van der Waals surface area contributed by atoms with Gasteiger partial charge in [-0.3, -0.25) is 4.79 Å². The molecule has 17 heavy (non-hydrogen) atoms. The first-order chi connectivity index (χ1) is 8.02. The topological polar surface area (TPSA) is 63.3 Å². The molecule has 1 atom stereocenters. The van der Waals surface area contributed by atoms with Gasteiger partial charge >= 0.3 is 0 Å². The van der Waals surface area contributed by atoms with Crippen LogP contribution in [0.25, 0.3) is 0 Å².